The molecule has 0 saturated heterocycles. The molecule has 0 spiro atoms. The summed E-state index contributed by atoms with van der Waals surface area (Å²) in [5.74, 6) is 1.26. The Labute approximate surface area is 116 Å². The van der Waals surface area contributed by atoms with Gasteiger partial charge in [0.2, 0.25) is 5.95 Å². The maximum Gasteiger partial charge on any atom is 0.304 e. The Hall–Kier alpha value is -1.41. The van der Waals surface area contributed by atoms with E-state index in [-0.39, 0.29) is 4.87 Å². The fraction of sp³-hybridized carbons (Fsp3) is 0.300. The third kappa shape index (κ3) is 3.30. The first-order chi connectivity index (χ1) is 8.69. The molecule has 0 unspecified atom stereocenters. The van der Waals surface area contributed by atoms with Crippen LogP contribution in [-0.4, -0.2) is 21.5 Å². The first-order valence-corrected chi connectivity index (χ1v) is 7.03. The van der Waals surface area contributed by atoms with Gasteiger partial charge >= 0.3 is 4.87 Å². The second-order valence-electron chi connectivity index (χ2n) is 3.45. The molecule has 0 bridgehead atoms. The number of halogens is 1. The summed E-state index contributed by atoms with van der Waals surface area (Å²) in [6.45, 7) is 3.26. The average molecular weight is 330 g/mol. The SMILES string of the molecule is CCNc1ncc(Br)c(NCc2csc(=O)[nH]2)n1. The zero-order chi connectivity index (χ0) is 13.0. The van der Waals surface area contributed by atoms with Crippen LogP contribution in [0.15, 0.2) is 20.8 Å². The van der Waals surface area contributed by atoms with Gasteiger partial charge in [0, 0.05) is 23.8 Å². The molecular weight excluding hydrogens is 318 g/mol. The van der Waals surface area contributed by atoms with Crippen LogP contribution in [0.3, 0.4) is 0 Å². The Kier molecular flexibility index (Phi) is 4.32. The van der Waals surface area contributed by atoms with Crippen LogP contribution in [0.2, 0.25) is 0 Å². The number of thiazole rings is 1. The molecule has 0 radical (unpaired) electrons. The summed E-state index contributed by atoms with van der Waals surface area (Å²) in [5, 5.41) is 7.97. The van der Waals surface area contributed by atoms with Crippen molar-refractivity contribution in [3.8, 4) is 0 Å². The molecule has 0 aliphatic rings. The maximum atomic E-state index is 11.0. The Bertz CT molecular complexity index is 582. The molecule has 0 aromatic carbocycles. The minimum atomic E-state index is -0.0538. The highest BCUT2D eigenvalue weighted by atomic mass is 79.9. The number of anilines is 2. The Morgan fingerprint density at radius 1 is 1.50 bits per heavy atom. The molecule has 96 valence electrons. The van der Waals surface area contributed by atoms with Crippen LogP contribution in [0.5, 0.6) is 0 Å². The van der Waals surface area contributed by atoms with Gasteiger partial charge in [-0.15, -0.1) is 0 Å². The lowest BCUT2D eigenvalue weighted by molar-refractivity contribution is 1.01. The van der Waals surface area contributed by atoms with E-state index in [9.17, 15) is 4.79 Å². The Morgan fingerprint density at radius 2 is 2.33 bits per heavy atom. The lowest BCUT2D eigenvalue weighted by Gasteiger charge is -2.08. The van der Waals surface area contributed by atoms with Crippen LogP contribution >= 0.6 is 27.3 Å². The molecule has 18 heavy (non-hydrogen) atoms. The highest BCUT2D eigenvalue weighted by molar-refractivity contribution is 9.10. The van der Waals surface area contributed by atoms with Crippen molar-refractivity contribution in [2.24, 2.45) is 0 Å². The van der Waals surface area contributed by atoms with Crippen LogP contribution < -0.4 is 15.5 Å². The van der Waals surface area contributed by atoms with Crippen molar-refractivity contribution in [3.63, 3.8) is 0 Å². The number of H-pyrrole nitrogens is 1. The van der Waals surface area contributed by atoms with E-state index in [1.165, 1.54) is 0 Å². The fourth-order valence-electron chi connectivity index (χ4n) is 1.31. The number of aromatic amines is 1. The highest BCUT2D eigenvalue weighted by Gasteiger charge is 2.05. The molecule has 0 aliphatic carbocycles. The number of nitrogens with one attached hydrogen (secondary N) is 3. The van der Waals surface area contributed by atoms with Crippen molar-refractivity contribution >= 4 is 39.0 Å². The second kappa shape index (κ2) is 5.96. The molecule has 2 aromatic heterocycles. The van der Waals surface area contributed by atoms with Crippen molar-refractivity contribution < 1.29 is 0 Å². The maximum absolute atomic E-state index is 11.0. The van der Waals surface area contributed by atoms with E-state index in [0.717, 1.165) is 28.0 Å². The lowest BCUT2D eigenvalue weighted by atomic mass is 10.4. The molecule has 2 rings (SSSR count). The van der Waals surface area contributed by atoms with Gasteiger partial charge in [-0.05, 0) is 22.9 Å². The molecule has 6 nitrogen and oxygen atoms in total. The molecule has 0 atom stereocenters. The van der Waals surface area contributed by atoms with Gasteiger partial charge in [0.05, 0.1) is 11.0 Å². The van der Waals surface area contributed by atoms with E-state index in [0.29, 0.717) is 18.3 Å². The van der Waals surface area contributed by atoms with Crippen molar-refractivity contribution in [1.82, 2.24) is 15.0 Å². The third-order valence-electron chi connectivity index (χ3n) is 2.10. The van der Waals surface area contributed by atoms with Gasteiger partial charge in [-0.25, -0.2) is 4.98 Å². The van der Waals surface area contributed by atoms with Crippen LogP contribution in [-0.2, 0) is 6.54 Å². The summed E-state index contributed by atoms with van der Waals surface area (Å²) in [7, 11) is 0. The fourth-order valence-corrected chi connectivity index (χ4v) is 2.23. The number of hydrogen-bond acceptors (Lipinski definition) is 6. The topological polar surface area (TPSA) is 82.7 Å². The van der Waals surface area contributed by atoms with Gasteiger partial charge in [0.25, 0.3) is 0 Å². The predicted molar refractivity (Wildman–Crippen MR) is 76.2 cm³/mol. The zero-order valence-electron chi connectivity index (χ0n) is 9.66. The molecular formula is C10H12BrN5OS. The normalized spacial score (nSPS) is 10.3. The van der Waals surface area contributed by atoms with E-state index in [4.69, 9.17) is 0 Å². The zero-order valence-corrected chi connectivity index (χ0v) is 12.1. The van der Waals surface area contributed by atoms with Gasteiger partial charge in [-0.1, -0.05) is 11.3 Å². The van der Waals surface area contributed by atoms with Gasteiger partial charge in [-0.2, -0.15) is 4.98 Å². The van der Waals surface area contributed by atoms with Gasteiger partial charge in [0.15, 0.2) is 0 Å². The summed E-state index contributed by atoms with van der Waals surface area (Å²) in [4.78, 5) is 22.1. The second-order valence-corrected chi connectivity index (χ2v) is 5.14. The number of nitrogens with zero attached hydrogens (tertiary/aromatic N) is 2. The van der Waals surface area contributed by atoms with E-state index in [1.807, 2.05) is 6.92 Å². The van der Waals surface area contributed by atoms with E-state index >= 15 is 0 Å². The van der Waals surface area contributed by atoms with E-state index in [2.05, 4.69) is 41.5 Å². The summed E-state index contributed by atoms with van der Waals surface area (Å²) >= 11 is 4.52. The minimum absolute atomic E-state index is 0.0538. The van der Waals surface area contributed by atoms with Gasteiger partial charge in [0.1, 0.15) is 5.82 Å². The largest absolute Gasteiger partial charge is 0.363 e. The highest BCUT2D eigenvalue weighted by Crippen LogP contribution is 2.20. The Balaban J connectivity index is 2.08. The number of hydrogen-bond donors (Lipinski definition) is 3. The summed E-state index contributed by atoms with van der Waals surface area (Å²) in [5.41, 5.74) is 0.834. The number of rotatable bonds is 5. The monoisotopic (exact) mass is 329 g/mol. The summed E-state index contributed by atoms with van der Waals surface area (Å²) < 4.78 is 0.779. The Morgan fingerprint density at radius 3 is 3.00 bits per heavy atom. The van der Waals surface area contributed by atoms with Crippen molar-refractivity contribution in [3.05, 3.63) is 31.4 Å². The first kappa shape index (κ1) is 13.0. The quantitative estimate of drug-likeness (QED) is 0.781. The van der Waals surface area contributed by atoms with E-state index < -0.39 is 0 Å². The number of aromatic nitrogens is 3. The average Bonchev–Trinajstić information content (AvgIpc) is 2.76. The first-order valence-electron chi connectivity index (χ1n) is 5.36. The van der Waals surface area contributed by atoms with Crippen molar-refractivity contribution in [2.45, 2.75) is 13.5 Å². The van der Waals surface area contributed by atoms with E-state index in [1.54, 1.807) is 11.6 Å². The van der Waals surface area contributed by atoms with Crippen LogP contribution in [0.25, 0.3) is 0 Å². The molecule has 8 heteroatoms. The molecule has 3 N–H and O–H groups in total. The van der Waals surface area contributed by atoms with Gasteiger partial charge < -0.3 is 15.6 Å². The van der Waals surface area contributed by atoms with Crippen LogP contribution in [0.4, 0.5) is 11.8 Å². The van der Waals surface area contributed by atoms with Gasteiger partial charge in [-0.3, -0.25) is 4.79 Å². The molecule has 0 saturated carbocycles. The molecule has 0 amide bonds. The van der Waals surface area contributed by atoms with Crippen molar-refractivity contribution in [2.75, 3.05) is 17.2 Å². The smallest absolute Gasteiger partial charge is 0.304 e. The third-order valence-corrected chi connectivity index (χ3v) is 3.39. The minimum Gasteiger partial charge on any atom is -0.363 e. The lowest BCUT2D eigenvalue weighted by Crippen LogP contribution is -2.08. The van der Waals surface area contributed by atoms with Crippen molar-refractivity contribution in [1.29, 1.82) is 0 Å². The molecule has 0 aliphatic heterocycles. The predicted octanol–water partition coefficient (Wildman–Crippen LogP) is 2.03. The van der Waals surface area contributed by atoms with Crippen LogP contribution in [0.1, 0.15) is 12.6 Å². The molecule has 2 heterocycles. The van der Waals surface area contributed by atoms with Crippen LogP contribution in [0, 0.1) is 0 Å². The summed E-state index contributed by atoms with van der Waals surface area (Å²) in [6, 6.07) is 0. The summed E-state index contributed by atoms with van der Waals surface area (Å²) in [6.07, 6.45) is 1.68. The molecule has 0 fully saturated rings. The standard InChI is InChI=1S/C10H12BrN5OS/c1-2-12-9-14-4-7(11)8(16-9)13-3-6-5-18-10(17)15-6/h4-5H,2-3H2,1H3,(H,15,17)(H2,12,13,14,16). The molecule has 2 aromatic rings.